The van der Waals surface area contributed by atoms with Crippen LogP contribution >= 0.6 is 11.8 Å². The molecule has 4 heterocycles. The molecule has 5 unspecified atom stereocenters. The predicted molar refractivity (Wildman–Crippen MR) is 244 cm³/mol. The lowest BCUT2D eigenvalue weighted by atomic mass is 10.0. The van der Waals surface area contributed by atoms with Gasteiger partial charge >= 0.3 is 11.9 Å². The number of carbonyl (C=O) groups excluding carboxylic acids is 3. The zero-order valence-electron chi connectivity index (χ0n) is 37.9. The summed E-state index contributed by atoms with van der Waals surface area (Å²) in [6, 6.07) is 4.64. The van der Waals surface area contributed by atoms with E-state index in [-0.39, 0.29) is 87.2 Å². The average Bonchev–Trinajstić information content (AvgIpc) is 3.70. The molecule has 0 bridgehead atoms. The van der Waals surface area contributed by atoms with Crippen molar-refractivity contribution < 1.29 is 68.4 Å². The second-order valence-electron chi connectivity index (χ2n) is 17.2. The number of rotatable bonds is 26. The van der Waals surface area contributed by atoms with Crippen LogP contribution in [-0.4, -0.2) is 176 Å². The van der Waals surface area contributed by atoms with Crippen molar-refractivity contribution in [3.63, 3.8) is 0 Å². The normalized spacial score (nSPS) is 23.1. The van der Waals surface area contributed by atoms with Crippen LogP contribution in [-0.2, 0) is 50.9 Å². The Kier molecular flexibility index (Phi) is 20.4. The first kappa shape index (κ1) is 53.3. The fraction of sp³-hybridized carbons (Fsp3) is 0.636. The number of aromatic nitrogens is 3. The molecule has 2 aliphatic rings. The van der Waals surface area contributed by atoms with Gasteiger partial charge in [-0.1, -0.05) is 19.1 Å². The van der Waals surface area contributed by atoms with Gasteiger partial charge in [-0.3, -0.25) is 24.2 Å². The Morgan fingerprint density at radius 3 is 2.51 bits per heavy atom. The highest BCUT2D eigenvalue weighted by Gasteiger charge is 2.41. The number of aryl methyl sites for hydroxylation is 2. The number of amides is 2. The third-order valence-corrected chi connectivity index (χ3v) is 12.7. The van der Waals surface area contributed by atoms with Crippen LogP contribution in [0, 0.1) is 0 Å². The second kappa shape index (κ2) is 25.6. The Hall–Kier alpha value is -4.69. The highest BCUT2D eigenvalue weighted by molar-refractivity contribution is 7.99. The number of esters is 1. The van der Waals surface area contributed by atoms with Crippen molar-refractivity contribution in [1.82, 2.24) is 30.9 Å². The molecule has 2 fully saturated rings. The topological polar surface area (TPSA) is 339 Å². The van der Waals surface area contributed by atoms with Gasteiger partial charge in [-0.15, -0.1) is 0 Å². The number of aromatic amines is 2. The summed E-state index contributed by atoms with van der Waals surface area (Å²) in [5.41, 5.74) is 7.16. The van der Waals surface area contributed by atoms with Crippen LogP contribution in [0.15, 0.2) is 35.3 Å². The minimum absolute atomic E-state index is 0.0138. The van der Waals surface area contributed by atoms with Gasteiger partial charge in [0, 0.05) is 54.6 Å². The highest BCUT2D eigenvalue weighted by atomic mass is 32.2. The quantitative estimate of drug-likeness (QED) is 0.0357. The molecule has 2 aliphatic heterocycles. The largest absolute Gasteiger partial charge is 0.480 e. The number of hydrogen-bond donors (Lipinski definition) is 11. The van der Waals surface area contributed by atoms with Crippen molar-refractivity contribution in [3.05, 3.63) is 57.5 Å². The van der Waals surface area contributed by atoms with Gasteiger partial charge in [0.2, 0.25) is 11.9 Å². The molecular weight excluding hydrogens is 899 g/mol. The molecule has 2 amide bonds. The van der Waals surface area contributed by atoms with E-state index in [1.54, 1.807) is 30.5 Å². The maximum atomic E-state index is 13.4. The summed E-state index contributed by atoms with van der Waals surface area (Å²) < 4.78 is 28.2. The Labute approximate surface area is 391 Å². The van der Waals surface area contributed by atoms with E-state index >= 15 is 0 Å². The number of nitrogens with two attached hydrogens (primary N) is 1. The lowest BCUT2D eigenvalue weighted by Gasteiger charge is -2.41. The number of nitrogens with one attached hydrogen (secondary N) is 5. The number of aliphatic hydroxyl groups is 4. The molecule has 23 heteroatoms. The summed E-state index contributed by atoms with van der Waals surface area (Å²) in [7, 11) is 0. The molecule has 1 aromatic carbocycles. The van der Waals surface area contributed by atoms with Crippen LogP contribution in [0.5, 0.6) is 0 Å². The summed E-state index contributed by atoms with van der Waals surface area (Å²) in [5.74, 6) is -2.11. The zero-order chi connectivity index (χ0) is 48.7. The van der Waals surface area contributed by atoms with E-state index in [1.807, 2.05) is 20.8 Å². The number of carbonyl (C=O) groups is 4. The molecule has 3 aromatic rings. The molecule has 0 spiro atoms. The van der Waals surface area contributed by atoms with Gasteiger partial charge in [-0.05, 0) is 62.8 Å². The molecular formula is C44H65N7O15S. The van der Waals surface area contributed by atoms with Crippen molar-refractivity contribution in [2.45, 2.75) is 126 Å². The number of anilines is 1. The maximum absolute atomic E-state index is 13.4. The third kappa shape index (κ3) is 16.2. The second-order valence-corrected chi connectivity index (χ2v) is 18.3. The van der Waals surface area contributed by atoms with Crippen LogP contribution in [0.1, 0.15) is 74.4 Å². The average molecular weight is 964 g/mol. The number of aliphatic hydroxyl groups excluding tert-OH is 4. The van der Waals surface area contributed by atoms with E-state index in [0.717, 1.165) is 17.5 Å². The lowest BCUT2D eigenvalue weighted by Crippen LogP contribution is -2.55. The van der Waals surface area contributed by atoms with Crippen LogP contribution in [0.4, 0.5) is 5.95 Å². The molecule has 2 saturated heterocycles. The number of nitrogen functional groups attached to an aromatic ring is 1. The molecule has 67 heavy (non-hydrogen) atoms. The Morgan fingerprint density at radius 1 is 1.03 bits per heavy atom. The fourth-order valence-corrected chi connectivity index (χ4v) is 8.60. The molecule has 9 atom stereocenters. The maximum Gasteiger partial charge on any atom is 0.326 e. The standard InChI is InChI=1S/C44H65N7O15S/c1-4-44(2,3)51-29(22-67-23-34-32(17-27(53)21-64-34)65-42-31(55)18-30(54)33(20-52)66-42)39(58)46-13-14-62-15-16-63-35(56)12-11-28(41(60)61)48-38(57)25-8-5-24(6-9-25)7-10-26-19-47-37-36(26)40(59)50-43(45)49-37/h5-6,8-9,19,27-34,42,51-55H,4,7,10-18,20-23H2,1-3H3,(H,46,58)(H,48,57)(H,60,61)(H4,45,47,49,50,59)/t27?,28-,29+,30?,31?,32-,33?,34?,42+/m0/s1. The minimum atomic E-state index is -1.35. The van der Waals surface area contributed by atoms with Gasteiger partial charge in [0.15, 0.2) is 6.29 Å². The van der Waals surface area contributed by atoms with E-state index in [1.165, 1.54) is 11.8 Å². The summed E-state index contributed by atoms with van der Waals surface area (Å²) in [5, 5.41) is 59.2. The monoisotopic (exact) mass is 963 g/mol. The predicted octanol–water partition coefficient (Wildman–Crippen LogP) is -0.498. The van der Waals surface area contributed by atoms with E-state index < -0.39 is 79.5 Å². The first-order valence-electron chi connectivity index (χ1n) is 22.4. The van der Waals surface area contributed by atoms with Gasteiger partial charge in [0.1, 0.15) is 30.5 Å². The van der Waals surface area contributed by atoms with Gasteiger partial charge in [-0.25, -0.2) is 4.79 Å². The summed E-state index contributed by atoms with van der Waals surface area (Å²) in [4.78, 5) is 72.5. The fourth-order valence-electron chi connectivity index (χ4n) is 7.45. The van der Waals surface area contributed by atoms with Crippen LogP contribution in [0.25, 0.3) is 11.0 Å². The Bertz CT molecular complexity index is 2140. The van der Waals surface area contributed by atoms with Crippen molar-refractivity contribution in [3.8, 4) is 0 Å². The molecule has 0 aliphatic carbocycles. The first-order valence-corrected chi connectivity index (χ1v) is 23.5. The number of ether oxygens (including phenoxy) is 5. The number of carboxylic acids is 1. The van der Waals surface area contributed by atoms with Crippen LogP contribution < -0.4 is 27.2 Å². The molecule has 5 rings (SSSR count). The molecule has 22 nitrogen and oxygen atoms in total. The molecule has 12 N–H and O–H groups in total. The van der Waals surface area contributed by atoms with Gasteiger partial charge < -0.3 is 75.9 Å². The van der Waals surface area contributed by atoms with Crippen LogP contribution in [0.2, 0.25) is 0 Å². The van der Waals surface area contributed by atoms with Crippen molar-refractivity contribution in [2.75, 3.05) is 56.8 Å². The van der Waals surface area contributed by atoms with Crippen LogP contribution in [0.3, 0.4) is 0 Å². The Morgan fingerprint density at radius 2 is 1.79 bits per heavy atom. The van der Waals surface area contributed by atoms with E-state index in [4.69, 9.17) is 29.4 Å². The molecule has 0 saturated carbocycles. The van der Waals surface area contributed by atoms with E-state index in [2.05, 4.69) is 30.9 Å². The smallest absolute Gasteiger partial charge is 0.326 e. The highest BCUT2D eigenvalue weighted by Crippen LogP contribution is 2.28. The molecule has 372 valence electrons. The van der Waals surface area contributed by atoms with Crippen molar-refractivity contribution in [2.24, 2.45) is 0 Å². The number of thioether (sulfide) groups is 1. The van der Waals surface area contributed by atoms with Gasteiger partial charge in [-0.2, -0.15) is 16.7 Å². The van der Waals surface area contributed by atoms with Gasteiger partial charge in [0.25, 0.3) is 11.5 Å². The number of H-pyrrole nitrogens is 2. The van der Waals surface area contributed by atoms with E-state index in [0.29, 0.717) is 35.4 Å². The molecule has 0 radical (unpaired) electrons. The zero-order valence-corrected chi connectivity index (χ0v) is 38.8. The number of hydrogen-bond acceptors (Lipinski definition) is 18. The number of nitrogens with zero attached hydrogens (tertiary/aromatic N) is 1. The number of benzene rings is 1. The number of fused-ring (bicyclic) bond motifs is 1. The third-order valence-electron chi connectivity index (χ3n) is 11.6. The summed E-state index contributed by atoms with van der Waals surface area (Å²) >= 11 is 1.45. The number of aliphatic carboxylic acids is 1. The first-order chi connectivity index (χ1) is 32.0. The SMILES string of the molecule is CCC(C)(C)N[C@H](CSCC1OCC(O)C[C@@H]1O[C@@H]1OC(CO)C(O)CC1O)C(=O)NCCOCCOC(=O)CC[C@H](NC(=O)c1ccc(CCc2c[nH]c3nc(N)[nH]c(=O)c23)cc1)C(=O)O. The summed E-state index contributed by atoms with van der Waals surface area (Å²) in [6.45, 7) is 5.80. The van der Waals surface area contributed by atoms with Crippen molar-refractivity contribution >= 4 is 52.5 Å². The lowest BCUT2D eigenvalue weighted by molar-refractivity contribution is -0.299. The summed E-state index contributed by atoms with van der Waals surface area (Å²) in [6.07, 6.45) is -3.01. The van der Waals surface area contributed by atoms with Gasteiger partial charge in [0.05, 0.1) is 62.3 Å². The Balaban J connectivity index is 0.978. The van der Waals surface area contributed by atoms with Crippen molar-refractivity contribution in [1.29, 1.82) is 0 Å². The molecule has 2 aromatic heterocycles. The van der Waals surface area contributed by atoms with E-state index in [9.17, 15) is 49.5 Å². The minimum Gasteiger partial charge on any atom is -0.480 e. The number of carboxylic acid groups (broad SMARTS) is 1.